The first-order valence-corrected chi connectivity index (χ1v) is 6.05. The zero-order valence-corrected chi connectivity index (χ0v) is 9.11. The summed E-state index contributed by atoms with van der Waals surface area (Å²) < 4.78 is 0. The Bertz CT molecular complexity index is 212. The molecule has 1 rings (SSSR count). The van der Waals surface area contributed by atoms with Crippen molar-refractivity contribution in [3.8, 4) is 0 Å². The van der Waals surface area contributed by atoms with Crippen molar-refractivity contribution in [3.63, 3.8) is 0 Å². The van der Waals surface area contributed by atoms with Gasteiger partial charge < -0.3 is 10.4 Å². The Morgan fingerprint density at radius 1 is 1.50 bits per heavy atom. The van der Waals surface area contributed by atoms with Crippen LogP contribution in [-0.4, -0.2) is 35.7 Å². The SMILES string of the molecule is C=C(CNCC1CCSCC1)C(=O)O. The van der Waals surface area contributed by atoms with Gasteiger partial charge in [0.2, 0.25) is 0 Å². The molecule has 3 nitrogen and oxygen atoms in total. The van der Waals surface area contributed by atoms with Gasteiger partial charge in [0.05, 0.1) is 0 Å². The first kappa shape index (κ1) is 11.6. The summed E-state index contributed by atoms with van der Waals surface area (Å²) >= 11 is 2.00. The van der Waals surface area contributed by atoms with Gasteiger partial charge in [0, 0.05) is 12.1 Å². The molecule has 1 saturated heterocycles. The summed E-state index contributed by atoms with van der Waals surface area (Å²) in [6, 6.07) is 0. The van der Waals surface area contributed by atoms with Crippen molar-refractivity contribution in [1.82, 2.24) is 5.32 Å². The third-order valence-electron chi connectivity index (χ3n) is 2.41. The van der Waals surface area contributed by atoms with Crippen LogP contribution in [0, 0.1) is 5.92 Å². The molecule has 0 spiro atoms. The highest BCUT2D eigenvalue weighted by Gasteiger charge is 2.13. The summed E-state index contributed by atoms with van der Waals surface area (Å²) in [4.78, 5) is 10.4. The number of nitrogens with one attached hydrogen (secondary N) is 1. The molecule has 1 aliphatic rings. The van der Waals surface area contributed by atoms with Crippen LogP contribution in [0.2, 0.25) is 0 Å². The number of carboxylic acids is 1. The molecule has 1 aliphatic heterocycles. The van der Waals surface area contributed by atoms with E-state index < -0.39 is 5.97 Å². The molecule has 0 aromatic carbocycles. The molecule has 14 heavy (non-hydrogen) atoms. The Morgan fingerprint density at radius 3 is 2.71 bits per heavy atom. The molecular weight excluding hydrogens is 198 g/mol. The number of hydrogen-bond acceptors (Lipinski definition) is 3. The van der Waals surface area contributed by atoms with Crippen LogP contribution in [0.1, 0.15) is 12.8 Å². The largest absolute Gasteiger partial charge is 0.478 e. The number of carbonyl (C=O) groups is 1. The van der Waals surface area contributed by atoms with Crippen LogP contribution < -0.4 is 5.32 Å². The number of aliphatic carboxylic acids is 1. The third-order valence-corrected chi connectivity index (χ3v) is 3.46. The lowest BCUT2D eigenvalue weighted by Crippen LogP contribution is -2.28. The monoisotopic (exact) mass is 215 g/mol. The molecule has 2 N–H and O–H groups in total. The molecule has 0 aliphatic carbocycles. The maximum Gasteiger partial charge on any atom is 0.332 e. The van der Waals surface area contributed by atoms with E-state index in [2.05, 4.69) is 11.9 Å². The van der Waals surface area contributed by atoms with Gasteiger partial charge in [0.1, 0.15) is 0 Å². The minimum absolute atomic E-state index is 0.246. The van der Waals surface area contributed by atoms with E-state index in [4.69, 9.17) is 5.11 Å². The highest BCUT2D eigenvalue weighted by Crippen LogP contribution is 2.21. The van der Waals surface area contributed by atoms with Crippen molar-refractivity contribution in [1.29, 1.82) is 0 Å². The summed E-state index contributed by atoms with van der Waals surface area (Å²) in [5.74, 6) is 2.30. The molecule has 80 valence electrons. The molecular formula is C10H17NO2S. The lowest BCUT2D eigenvalue weighted by atomic mass is 10.0. The summed E-state index contributed by atoms with van der Waals surface area (Å²) in [6.07, 6.45) is 2.49. The lowest BCUT2D eigenvalue weighted by Gasteiger charge is -2.21. The third kappa shape index (κ3) is 4.15. The molecule has 0 bridgehead atoms. The smallest absolute Gasteiger partial charge is 0.332 e. The van der Waals surface area contributed by atoms with E-state index >= 15 is 0 Å². The standard InChI is InChI=1S/C10H17NO2S/c1-8(10(12)13)6-11-7-9-2-4-14-5-3-9/h9,11H,1-7H2,(H,12,13). The molecule has 1 heterocycles. The summed E-state index contributed by atoms with van der Waals surface area (Å²) in [7, 11) is 0. The zero-order valence-electron chi connectivity index (χ0n) is 8.29. The number of hydrogen-bond donors (Lipinski definition) is 2. The Kier molecular flexibility index (Phi) is 5.04. The van der Waals surface area contributed by atoms with Crippen molar-refractivity contribution in [2.75, 3.05) is 24.6 Å². The van der Waals surface area contributed by atoms with E-state index in [1.165, 1.54) is 24.3 Å². The van der Waals surface area contributed by atoms with E-state index in [1.807, 2.05) is 11.8 Å². The molecule has 0 saturated carbocycles. The average molecular weight is 215 g/mol. The lowest BCUT2D eigenvalue weighted by molar-refractivity contribution is -0.132. The second-order valence-corrected chi connectivity index (χ2v) is 4.82. The van der Waals surface area contributed by atoms with Gasteiger partial charge in [-0.1, -0.05) is 6.58 Å². The Labute approximate surface area is 89.0 Å². The van der Waals surface area contributed by atoms with E-state index in [0.29, 0.717) is 6.54 Å². The van der Waals surface area contributed by atoms with Crippen LogP contribution in [0.3, 0.4) is 0 Å². The van der Waals surface area contributed by atoms with Crippen molar-refractivity contribution in [3.05, 3.63) is 12.2 Å². The molecule has 0 unspecified atom stereocenters. The molecule has 0 atom stereocenters. The molecule has 0 aromatic rings. The Morgan fingerprint density at radius 2 is 2.14 bits per heavy atom. The van der Waals surface area contributed by atoms with Crippen LogP contribution in [-0.2, 0) is 4.79 Å². The molecule has 0 radical (unpaired) electrons. The highest BCUT2D eigenvalue weighted by molar-refractivity contribution is 7.99. The molecule has 4 heteroatoms. The fraction of sp³-hybridized carbons (Fsp3) is 0.700. The van der Waals surface area contributed by atoms with Gasteiger partial charge >= 0.3 is 5.97 Å². The van der Waals surface area contributed by atoms with Crippen molar-refractivity contribution >= 4 is 17.7 Å². The van der Waals surface area contributed by atoms with E-state index in [1.54, 1.807) is 0 Å². The van der Waals surface area contributed by atoms with Gasteiger partial charge in [-0.25, -0.2) is 4.79 Å². The molecule has 0 aromatic heterocycles. The van der Waals surface area contributed by atoms with Gasteiger partial charge in [0.15, 0.2) is 0 Å². The van der Waals surface area contributed by atoms with E-state index in [0.717, 1.165) is 12.5 Å². The first-order valence-electron chi connectivity index (χ1n) is 4.89. The van der Waals surface area contributed by atoms with Gasteiger partial charge in [-0.3, -0.25) is 0 Å². The minimum Gasteiger partial charge on any atom is -0.478 e. The number of carboxylic acid groups (broad SMARTS) is 1. The van der Waals surface area contributed by atoms with Crippen molar-refractivity contribution in [2.24, 2.45) is 5.92 Å². The Balaban J connectivity index is 2.08. The van der Waals surface area contributed by atoms with Crippen molar-refractivity contribution in [2.45, 2.75) is 12.8 Å². The Hall–Kier alpha value is -0.480. The fourth-order valence-corrected chi connectivity index (χ4v) is 2.66. The average Bonchev–Trinajstić information content (AvgIpc) is 2.19. The highest BCUT2D eigenvalue weighted by atomic mass is 32.2. The maximum atomic E-state index is 10.4. The predicted molar refractivity (Wildman–Crippen MR) is 59.7 cm³/mol. The van der Waals surface area contributed by atoms with Crippen LogP contribution in [0.5, 0.6) is 0 Å². The summed E-state index contributed by atoms with van der Waals surface area (Å²) in [5, 5.41) is 11.7. The number of rotatable bonds is 5. The predicted octanol–water partition coefficient (Wildman–Crippen LogP) is 1.36. The summed E-state index contributed by atoms with van der Waals surface area (Å²) in [6.45, 7) is 4.80. The van der Waals surface area contributed by atoms with Gasteiger partial charge in [-0.15, -0.1) is 0 Å². The van der Waals surface area contributed by atoms with Crippen LogP contribution in [0.4, 0.5) is 0 Å². The van der Waals surface area contributed by atoms with Crippen LogP contribution in [0.25, 0.3) is 0 Å². The normalized spacial score (nSPS) is 18.0. The zero-order chi connectivity index (χ0) is 10.4. The van der Waals surface area contributed by atoms with Crippen molar-refractivity contribution < 1.29 is 9.90 Å². The second-order valence-electron chi connectivity index (χ2n) is 3.60. The van der Waals surface area contributed by atoms with Gasteiger partial charge in [-0.05, 0) is 36.8 Å². The maximum absolute atomic E-state index is 10.4. The molecule has 1 fully saturated rings. The summed E-state index contributed by atoms with van der Waals surface area (Å²) in [5.41, 5.74) is 0.246. The topological polar surface area (TPSA) is 49.3 Å². The fourth-order valence-electron chi connectivity index (χ4n) is 1.45. The number of thioether (sulfide) groups is 1. The second kappa shape index (κ2) is 6.09. The van der Waals surface area contributed by atoms with Crippen LogP contribution >= 0.6 is 11.8 Å². The minimum atomic E-state index is -0.906. The van der Waals surface area contributed by atoms with E-state index in [9.17, 15) is 4.79 Å². The molecule has 0 amide bonds. The van der Waals surface area contributed by atoms with E-state index in [-0.39, 0.29) is 5.57 Å². The first-order chi connectivity index (χ1) is 6.70. The van der Waals surface area contributed by atoms with Crippen LogP contribution in [0.15, 0.2) is 12.2 Å². The van der Waals surface area contributed by atoms with Gasteiger partial charge in [-0.2, -0.15) is 11.8 Å². The quantitative estimate of drug-likeness (QED) is 0.680. The van der Waals surface area contributed by atoms with Gasteiger partial charge in [0.25, 0.3) is 0 Å².